The van der Waals surface area contributed by atoms with E-state index in [0.29, 0.717) is 10.8 Å². The van der Waals surface area contributed by atoms with Crippen molar-refractivity contribution in [1.29, 1.82) is 0 Å². The zero-order chi connectivity index (χ0) is 11.1. The molecular weight excluding hydrogens is 246 g/mol. The van der Waals surface area contributed by atoms with Crippen molar-refractivity contribution in [3.8, 4) is 10.7 Å². The van der Waals surface area contributed by atoms with E-state index < -0.39 is 0 Å². The molecule has 3 rings (SSSR count). The van der Waals surface area contributed by atoms with Gasteiger partial charge in [-0.25, -0.2) is 9.97 Å². The molecule has 0 aliphatic rings. The first kappa shape index (κ1) is 9.68. The van der Waals surface area contributed by atoms with Gasteiger partial charge < -0.3 is 0 Å². The Hall–Kier alpha value is -1.53. The molecule has 0 saturated carbocycles. The molecule has 7 heteroatoms. The van der Waals surface area contributed by atoms with Crippen molar-refractivity contribution in [2.45, 2.75) is 6.92 Å². The number of aromatic nitrogens is 5. The average molecular weight is 252 g/mol. The summed E-state index contributed by atoms with van der Waals surface area (Å²) in [5, 5.41) is 9.44. The van der Waals surface area contributed by atoms with E-state index >= 15 is 0 Å². The van der Waals surface area contributed by atoms with Gasteiger partial charge in [0.1, 0.15) is 0 Å². The zero-order valence-electron chi connectivity index (χ0n) is 8.25. The monoisotopic (exact) mass is 251 g/mol. The minimum Gasteiger partial charge on any atom is -0.278 e. The number of halogens is 1. The van der Waals surface area contributed by atoms with Crippen LogP contribution < -0.4 is 0 Å². The minimum absolute atomic E-state index is 0.350. The fourth-order valence-corrected chi connectivity index (χ4v) is 2.37. The van der Waals surface area contributed by atoms with Gasteiger partial charge in [-0.15, -0.1) is 21.5 Å². The maximum absolute atomic E-state index is 5.92. The molecule has 0 amide bonds. The Morgan fingerprint density at radius 3 is 2.94 bits per heavy atom. The third kappa shape index (κ3) is 1.38. The van der Waals surface area contributed by atoms with Gasteiger partial charge in [0.15, 0.2) is 16.6 Å². The molecule has 0 N–H and O–H groups in total. The third-order valence-electron chi connectivity index (χ3n) is 2.13. The molecule has 0 aliphatic carbocycles. The van der Waals surface area contributed by atoms with Crippen molar-refractivity contribution in [2.75, 3.05) is 0 Å². The molecule has 80 valence electrons. The lowest BCUT2D eigenvalue weighted by atomic mass is 10.5. The Morgan fingerprint density at radius 1 is 1.31 bits per heavy atom. The van der Waals surface area contributed by atoms with Gasteiger partial charge in [-0.2, -0.15) is 0 Å². The van der Waals surface area contributed by atoms with Crippen molar-refractivity contribution in [3.05, 3.63) is 28.8 Å². The minimum atomic E-state index is 0.350. The van der Waals surface area contributed by atoms with Gasteiger partial charge in [0.05, 0.1) is 9.88 Å². The van der Waals surface area contributed by atoms with Crippen molar-refractivity contribution in [3.63, 3.8) is 0 Å². The highest BCUT2D eigenvalue weighted by Crippen LogP contribution is 2.25. The molecule has 5 nitrogen and oxygen atoms in total. The van der Waals surface area contributed by atoms with Gasteiger partial charge >= 0.3 is 0 Å². The Morgan fingerprint density at radius 2 is 2.19 bits per heavy atom. The van der Waals surface area contributed by atoms with Crippen molar-refractivity contribution in [2.24, 2.45) is 0 Å². The summed E-state index contributed by atoms with van der Waals surface area (Å²) in [5.41, 5.74) is 0.560. The molecular formula is C9H6ClN5S. The lowest BCUT2D eigenvalue weighted by Crippen LogP contribution is -1.89. The maximum Gasteiger partial charge on any atom is 0.198 e. The van der Waals surface area contributed by atoms with E-state index in [1.54, 1.807) is 29.9 Å². The van der Waals surface area contributed by atoms with Gasteiger partial charge in [0.25, 0.3) is 0 Å². The zero-order valence-corrected chi connectivity index (χ0v) is 9.83. The van der Waals surface area contributed by atoms with Crippen LogP contribution in [0.3, 0.4) is 0 Å². The number of hydrogen-bond donors (Lipinski definition) is 0. The molecule has 3 aromatic heterocycles. The first-order valence-electron chi connectivity index (χ1n) is 4.54. The van der Waals surface area contributed by atoms with Crippen LogP contribution in [0.1, 0.15) is 5.01 Å². The van der Waals surface area contributed by atoms with E-state index in [4.69, 9.17) is 11.6 Å². The number of hydrogen-bond acceptors (Lipinski definition) is 5. The second kappa shape index (κ2) is 3.50. The van der Waals surface area contributed by atoms with Gasteiger partial charge in [-0.05, 0) is 6.92 Å². The standard InChI is InChI=1S/C9H6ClN5S/c1-5-12-4-6(16-5)8-13-14-9-7(10)11-2-3-15(8)9/h2-4H,1H3. The average Bonchev–Trinajstić information content (AvgIpc) is 2.84. The predicted molar refractivity (Wildman–Crippen MR) is 61.6 cm³/mol. The van der Waals surface area contributed by atoms with Crippen LogP contribution in [0.2, 0.25) is 5.15 Å². The Balaban J connectivity index is 2.29. The van der Waals surface area contributed by atoms with E-state index in [1.165, 1.54) is 0 Å². The van der Waals surface area contributed by atoms with E-state index in [1.807, 2.05) is 11.3 Å². The lowest BCUT2D eigenvalue weighted by Gasteiger charge is -1.95. The Labute approximate surface area is 99.8 Å². The van der Waals surface area contributed by atoms with Gasteiger partial charge in [0, 0.05) is 18.6 Å². The highest BCUT2D eigenvalue weighted by atomic mass is 35.5. The normalized spacial score (nSPS) is 11.1. The highest BCUT2D eigenvalue weighted by Gasteiger charge is 2.12. The molecule has 0 aromatic carbocycles. The van der Waals surface area contributed by atoms with E-state index in [2.05, 4.69) is 20.2 Å². The molecule has 3 heterocycles. The smallest absolute Gasteiger partial charge is 0.198 e. The molecule has 0 bridgehead atoms. The van der Waals surface area contributed by atoms with Crippen LogP contribution in [-0.2, 0) is 0 Å². The molecule has 0 spiro atoms. The fourth-order valence-electron chi connectivity index (χ4n) is 1.43. The molecule has 0 saturated heterocycles. The third-order valence-corrected chi connectivity index (χ3v) is 3.30. The van der Waals surface area contributed by atoms with Crippen molar-refractivity contribution >= 4 is 28.6 Å². The molecule has 16 heavy (non-hydrogen) atoms. The SMILES string of the molecule is Cc1ncc(-c2nnc3c(Cl)nccn23)s1. The van der Waals surface area contributed by atoms with Gasteiger partial charge in [-0.1, -0.05) is 11.6 Å². The summed E-state index contributed by atoms with van der Waals surface area (Å²) in [6.45, 7) is 1.95. The summed E-state index contributed by atoms with van der Waals surface area (Å²) in [6, 6.07) is 0. The predicted octanol–water partition coefficient (Wildman–Crippen LogP) is 2.21. The number of rotatable bonds is 1. The summed E-state index contributed by atoms with van der Waals surface area (Å²) in [7, 11) is 0. The second-order valence-electron chi connectivity index (χ2n) is 3.18. The molecule has 0 fully saturated rings. The number of aryl methyl sites for hydroxylation is 1. The summed E-state index contributed by atoms with van der Waals surface area (Å²) in [6.07, 6.45) is 5.19. The van der Waals surface area contributed by atoms with Gasteiger partial charge in [0.2, 0.25) is 0 Å². The van der Waals surface area contributed by atoms with Crippen LogP contribution in [0.5, 0.6) is 0 Å². The molecule has 0 unspecified atom stereocenters. The second-order valence-corrected chi connectivity index (χ2v) is 4.77. The number of thiazole rings is 1. The Bertz CT molecular complexity index is 659. The maximum atomic E-state index is 5.92. The fraction of sp³-hybridized carbons (Fsp3) is 0.111. The highest BCUT2D eigenvalue weighted by molar-refractivity contribution is 7.14. The van der Waals surface area contributed by atoms with Crippen LogP contribution in [0.25, 0.3) is 16.3 Å². The first-order valence-corrected chi connectivity index (χ1v) is 5.73. The topological polar surface area (TPSA) is 56.0 Å². The van der Waals surface area contributed by atoms with Crippen molar-refractivity contribution < 1.29 is 0 Å². The molecule has 0 atom stereocenters. The van der Waals surface area contributed by atoms with E-state index in [9.17, 15) is 0 Å². The summed E-state index contributed by atoms with van der Waals surface area (Å²) in [5.74, 6) is 0.741. The van der Waals surface area contributed by atoms with Crippen LogP contribution in [-0.4, -0.2) is 24.6 Å². The molecule has 3 aromatic rings. The quantitative estimate of drug-likeness (QED) is 0.665. The number of nitrogens with zero attached hydrogens (tertiary/aromatic N) is 5. The van der Waals surface area contributed by atoms with E-state index in [0.717, 1.165) is 15.7 Å². The summed E-state index contributed by atoms with van der Waals surface area (Å²) < 4.78 is 1.81. The van der Waals surface area contributed by atoms with Gasteiger partial charge in [-0.3, -0.25) is 4.40 Å². The first-order chi connectivity index (χ1) is 7.75. The van der Waals surface area contributed by atoms with E-state index in [-0.39, 0.29) is 0 Å². The van der Waals surface area contributed by atoms with Crippen LogP contribution >= 0.6 is 22.9 Å². The summed E-state index contributed by atoms with van der Waals surface area (Å²) in [4.78, 5) is 9.11. The van der Waals surface area contributed by atoms with Crippen molar-refractivity contribution in [1.82, 2.24) is 24.6 Å². The molecule has 0 radical (unpaired) electrons. The molecule has 0 aliphatic heterocycles. The van der Waals surface area contributed by atoms with Crippen LogP contribution in [0.15, 0.2) is 18.6 Å². The largest absolute Gasteiger partial charge is 0.278 e. The van der Waals surface area contributed by atoms with Crippen LogP contribution in [0.4, 0.5) is 0 Å². The lowest BCUT2D eigenvalue weighted by molar-refractivity contribution is 1.11. The summed E-state index contributed by atoms with van der Waals surface area (Å²) >= 11 is 7.48. The number of fused-ring (bicyclic) bond motifs is 1. The van der Waals surface area contributed by atoms with Crippen LogP contribution in [0, 0.1) is 6.92 Å². The Kier molecular flexibility index (Phi) is 2.12.